The molecule has 1 unspecified atom stereocenters. The summed E-state index contributed by atoms with van der Waals surface area (Å²) in [4.78, 5) is 0. The van der Waals surface area contributed by atoms with Crippen LogP contribution in [0.25, 0.3) is 6.08 Å². The lowest BCUT2D eigenvalue weighted by atomic mass is 10.1. The predicted octanol–water partition coefficient (Wildman–Crippen LogP) is 4.53. The number of methoxy groups -OCH3 is 2. The van der Waals surface area contributed by atoms with Gasteiger partial charge in [-0.2, -0.15) is 0 Å². The Morgan fingerprint density at radius 2 is 1.70 bits per heavy atom. The quantitative estimate of drug-likeness (QED) is 0.671. The Hall–Kier alpha value is -1.50. The standard InChI is InChI=1S/C17H16BrFO3S/c1-21-16-9-14(19)10-17(22-2)15(16)7-8-23(20)11-12-3-5-13(18)6-4-12/h3-10H,11H2,1-2H3/b8-7+. The number of benzene rings is 2. The summed E-state index contributed by atoms with van der Waals surface area (Å²) < 4.78 is 36.9. The molecule has 0 radical (unpaired) electrons. The molecular formula is C17H16BrFO3S. The van der Waals surface area contributed by atoms with E-state index in [1.807, 2.05) is 24.3 Å². The summed E-state index contributed by atoms with van der Waals surface area (Å²) in [5.74, 6) is 0.611. The van der Waals surface area contributed by atoms with Gasteiger partial charge in [-0.15, -0.1) is 0 Å². The Morgan fingerprint density at radius 1 is 1.13 bits per heavy atom. The average Bonchev–Trinajstić information content (AvgIpc) is 2.54. The Morgan fingerprint density at radius 3 is 2.22 bits per heavy atom. The van der Waals surface area contributed by atoms with Crippen LogP contribution in [0, 0.1) is 5.82 Å². The van der Waals surface area contributed by atoms with E-state index in [1.54, 1.807) is 11.5 Å². The molecule has 0 amide bonds. The molecule has 0 saturated carbocycles. The molecule has 3 nitrogen and oxygen atoms in total. The number of hydrogen-bond donors (Lipinski definition) is 0. The molecule has 2 aromatic carbocycles. The molecule has 2 rings (SSSR count). The van der Waals surface area contributed by atoms with Crippen LogP contribution in [0.2, 0.25) is 0 Å². The fourth-order valence-electron chi connectivity index (χ4n) is 2.01. The van der Waals surface area contributed by atoms with Gasteiger partial charge in [-0.1, -0.05) is 28.1 Å². The summed E-state index contributed by atoms with van der Waals surface area (Å²) in [6, 6.07) is 10.2. The summed E-state index contributed by atoms with van der Waals surface area (Å²) in [5.41, 5.74) is 1.52. The first-order chi connectivity index (χ1) is 11.0. The molecule has 1 atom stereocenters. The van der Waals surface area contributed by atoms with Gasteiger partial charge in [-0.3, -0.25) is 0 Å². The van der Waals surface area contributed by atoms with Gasteiger partial charge >= 0.3 is 0 Å². The molecule has 0 fully saturated rings. The monoisotopic (exact) mass is 398 g/mol. The minimum absolute atomic E-state index is 0.332. The van der Waals surface area contributed by atoms with Crippen LogP contribution in [0.1, 0.15) is 11.1 Å². The van der Waals surface area contributed by atoms with Crippen molar-refractivity contribution < 1.29 is 18.4 Å². The van der Waals surface area contributed by atoms with Gasteiger partial charge in [0.15, 0.2) is 0 Å². The topological polar surface area (TPSA) is 41.5 Å². The van der Waals surface area contributed by atoms with Crippen LogP contribution >= 0.6 is 15.9 Å². The normalized spacial score (nSPS) is 12.4. The minimum atomic E-state index is -1.20. The number of hydrogen-bond acceptors (Lipinski definition) is 3. The molecule has 0 aromatic heterocycles. The second-order valence-corrected chi connectivity index (χ2v) is 6.92. The van der Waals surface area contributed by atoms with Gasteiger partial charge in [0.05, 0.1) is 19.8 Å². The molecule has 23 heavy (non-hydrogen) atoms. The van der Waals surface area contributed by atoms with Crippen LogP contribution in [0.5, 0.6) is 11.5 Å². The Labute approximate surface area is 146 Å². The van der Waals surface area contributed by atoms with E-state index >= 15 is 0 Å². The van der Waals surface area contributed by atoms with Crippen LogP contribution in [0.3, 0.4) is 0 Å². The highest BCUT2D eigenvalue weighted by molar-refractivity contribution is 9.10. The van der Waals surface area contributed by atoms with Crippen LogP contribution < -0.4 is 9.47 Å². The molecule has 2 aromatic rings. The maximum Gasteiger partial charge on any atom is 0.135 e. The maximum absolute atomic E-state index is 13.5. The van der Waals surface area contributed by atoms with Gasteiger partial charge in [0.2, 0.25) is 0 Å². The molecule has 122 valence electrons. The Balaban J connectivity index is 2.17. The first-order valence-corrected chi connectivity index (χ1v) is 8.92. The SMILES string of the molecule is COc1cc(F)cc(OC)c1/C=C/[S+]([O-])Cc1ccc(Br)cc1. The first kappa shape index (κ1) is 17.8. The number of ether oxygens (including phenoxy) is 2. The summed E-state index contributed by atoms with van der Waals surface area (Å²) in [7, 11) is 2.90. The number of halogens is 2. The lowest BCUT2D eigenvalue weighted by Crippen LogP contribution is -2.00. The van der Waals surface area contributed by atoms with Gasteiger partial charge < -0.3 is 14.0 Å². The highest BCUT2D eigenvalue weighted by Crippen LogP contribution is 2.31. The average molecular weight is 399 g/mol. The lowest BCUT2D eigenvalue weighted by Gasteiger charge is -2.11. The Bertz CT molecular complexity index is 664. The first-order valence-electron chi connectivity index (χ1n) is 6.75. The van der Waals surface area contributed by atoms with Gasteiger partial charge in [-0.05, 0) is 23.3 Å². The van der Waals surface area contributed by atoms with Crippen LogP contribution in [-0.2, 0) is 16.9 Å². The molecule has 0 saturated heterocycles. The fourth-order valence-corrected chi connectivity index (χ4v) is 3.18. The molecular weight excluding hydrogens is 383 g/mol. The van der Waals surface area contributed by atoms with Crippen molar-refractivity contribution in [3.05, 3.63) is 63.2 Å². The molecule has 0 spiro atoms. The molecule has 0 N–H and O–H groups in total. The van der Waals surface area contributed by atoms with Crippen molar-refractivity contribution in [1.82, 2.24) is 0 Å². The van der Waals surface area contributed by atoms with Crippen molar-refractivity contribution in [2.24, 2.45) is 0 Å². The van der Waals surface area contributed by atoms with Crippen molar-refractivity contribution in [3.63, 3.8) is 0 Å². The zero-order chi connectivity index (χ0) is 16.8. The van der Waals surface area contributed by atoms with E-state index < -0.39 is 17.0 Å². The fraction of sp³-hybridized carbons (Fsp3) is 0.176. The van der Waals surface area contributed by atoms with E-state index in [0.29, 0.717) is 22.8 Å². The summed E-state index contributed by atoms with van der Waals surface area (Å²) in [6.07, 6.45) is 1.63. The third-order valence-electron chi connectivity index (χ3n) is 3.12. The minimum Gasteiger partial charge on any atom is -0.612 e. The smallest absolute Gasteiger partial charge is 0.135 e. The molecule has 6 heteroatoms. The van der Waals surface area contributed by atoms with E-state index in [4.69, 9.17) is 9.47 Å². The van der Waals surface area contributed by atoms with E-state index in [-0.39, 0.29) is 0 Å². The molecule has 0 aliphatic heterocycles. The maximum atomic E-state index is 13.5. The van der Waals surface area contributed by atoms with Crippen molar-refractivity contribution in [2.75, 3.05) is 14.2 Å². The summed E-state index contributed by atoms with van der Waals surface area (Å²) in [6.45, 7) is 0. The van der Waals surface area contributed by atoms with E-state index in [0.717, 1.165) is 10.0 Å². The van der Waals surface area contributed by atoms with E-state index in [9.17, 15) is 8.94 Å². The van der Waals surface area contributed by atoms with Gasteiger partial charge in [0.1, 0.15) is 28.5 Å². The Kier molecular flexibility index (Phi) is 6.50. The summed E-state index contributed by atoms with van der Waals surface area (Å²) >= 11 is 2.16. The van der Waals surface area contributed by atoms with Crippen molar-refractivity contribution in [3.8, 4) is 11.5 Å². The second-order valence-electron chi connectivity index (χ2n) is 4.68. The highest BCUT2D eigenvalue weighted by Gasteiger charge is 2.12. The van der Waals surface area contributed by atoms with Crippen LogP contribution in [0.15, 0.2) is 46.3 Å². The van der Waals surface area contributed by atoms with E-state index in [2.05, 4.69) is 15.9 Å². The molecule has 0 bridgehead atoms. The highest BCUT2D eigenvalue weighted by atomic mass is 79.9. The van der Waals surface area contributed by atoms with Gasteiger partial charge in [0.25, 0.3) is 0 Å². The predicted molar refractivity (Wildman–Crippen MR) is 94.5 cm³/mol. The molecule has 0 aliphatic carbocycles. The van der Waals surface area contributed by atoms with Crippen LogP contribution in [-0.4, -0.2) is 18.8 Å². The van der Waals surface area contributed by atoms with E-state index in [1.165, 1.54) is 26.4 Å². The third kappa shape index (κ3) is 4.99. The molecule has 0 aliphatic rings. The van der Waals surface area contributed by atoms with Crippen molar-refractivity contribution >= 4 is 33.2 Å². The zero-order valence-electron chi connectivity index (χ0n) is 12.7. The van der Waals surface area contributed by atoms with Gasteiger partial charge in [0, 0.05) is 28.2 Å². The van der Waals surface area contributed by atoms with Gasteiger partial charge in [-0.25, -0.2) is 4.39 Å². The summed E-state index contributed by atoms with van der Waals surface area (Å²) in [5, 5.41) is 1.56. The zero-order valence-corrected chi connectivity index (χ0v) is 15.1. The van der Waals surface area contributed by atoms with Crippen molar-refractivity contribution in [1.29, 1.82) is 0 Å². The van der Waals surface area contributed by atoms with Crippen molar-refractivity contribution in [2.45, 2.75) is 5.75 Å². The molecule has 0 heterocycles. The second kappa shape index (κ2) is 8.38. The lowest BCUT2D eigenvalue weighted by molar-refractivity contribution is 0.387. The largest absolute Gasteiger partial charge is 0.612 e. The number of rotatable bonds is 6. The third-order valence-corrected chi connectivity index (χ3v) is 4.70. The van der Waals surface area contributed by atoms with Crippen LogP contribution in [0.4, 0.5) is 4.39 Å².